The second-order valence-electron chi connectivity index (χ2n) is 6.34. The van der Waals surface area contributed by atoms with Gasteiger partial charge in [0.25, 0.3) is 5.91 Å². The highest BCUT2D eigenvalue weighted by Crippen LogP contribution is 2.16. The fraction of sp³-hybridized carbons (Fsp3) is 0.300. The van der Waals surface area contributed by atoms with Crippen LogP contribution in [0.1, 0.15) is 29.3 Å². The first-order valence-corrected chi connectivity index (χ1v) is 10.5. The summed E-state index contributed by atoms with van der Waals surface area (Å²) in [6.07, 6.45) is 2.59. The second-order valence-corrected chi connectivity index (χ2v) is 8.32. The first kappa shape index (κ1) is 20.6. The molecule has 2 aromatic carbocycles. The van der Waals surface area contributed by atoms with Crippen molar-refractivity contribution in [3.8, 4) is 0 Å². The molecule has 0 radical (unpaired) electrons. The highest BCUT2D eigenvalue weighted by Gasteiger charge is 2.20. The van der Waals surface area contributed by atoms with Gasteiger partial charge in [0.2, 0.25) is 0 Å². The molecule has 1 N–H and O–H groups in total. The van der Waals surface area contributed by atoms with Crippen LogP contribution in [0.25, 0.3) is 0 Å². The SMILES string of the molecule is CC(CCc1ccccc1)NC(=O)COC(=O)c1ccccc1S(C)(=O)=O. The lowest BCUT2D eigenvalue weighted by atomic mass is 10.1. The summed E-state index contributed by atoms with van der Waals surface area (Å²) in [7, 11) is -3.57. The van der Waals surface area contributed by atoms with Crippen LogP contribution >= 0.6 is 0 Å². The van der Waals surface area contributed by atoms with E-state index in [0.29, 0.717) is 0 Å². The predicted octanol–water partition coefficient (Wildman–Crippen LogP) is 2.38. The van der Waals surface area contributed by atoms with E-state index in [4.69, 9.17) is 4.74 Å². The molecule has 0 fully saturated rings. The molecule has 0 aliphatic heterocycles. The summed E-state index contributed by atoms with van der Waals surface area (Å²) in [4.78, 5) is 24.0. The Morgan fingerprint density at radius 2 is 1.67 bits per heavy atom. The zero-order valence-electron chi connectivity index (χ0n) is 15.3. The Morgan fingerprint density at radius 3 is 2.33 bits per heavy atom. The first-order chi connectivity index (χ1) is 12.8. The van der Waals surface area contributed by atoms with Gasteiger partial charge in [0.1, 0.15) is 0 Å². The molecule has 27 heavy (non-hydrogen) atoms. The van der Waals surface area contributed by atoms with E-state index in [2.05, 4.69) is 5.32 Å². The van der Waals surface area contributed by atoms with Crippen LogP contribution in [-0.4, -0.2) is 39.2 Å². The molecule has 0 saturated heterocycles. The van der Waals surface area contributed by atoms with Crippen LogP contribution < -0.4 is 5.32 Å². The zero-order chi connectivity index (χ0) is 19.9. The van der Waals surface area contributed by atoms with Crippen molar-refractivity contribution in [3.05, 3.63) is 65.7 Å². The first-order valence-electron chi connectivity index (χ1n) is 8.57. The number of benzene rings is 2. The second kappa shape index (κ2) is 9.32. The van der Waals surface area contributed by atoms with Crippen LogP contribution in [0, 0.1) is 0 Å². The monoisotopic (exact) mass is 389 g/mol. The molecule has 144 valence electrons. The molecule has 0 heterocycles. The van der Waals surface area contributed by atoms with Gasteiger partial charge in [-0.2, -0.15) is 0 Å². The Hall–Kier alpha value is -2.67. The molecule has 2 aromatic rings. The summed E-state index contributed by atoms with van der Waals surface area (Å²) in [6.45, 7) is 1.41. The quantitative estimate of drug-likeness (QED) is 0.700. The molecule has 2 rings (SSSR count). The minimum Gasteiger partial charge on any atom is -0.452 e. The van der Waals surface area contributed by atoms with Gasteiger partial charge in [-0.1, -0.05) is 42.5 Å². The Kier molecular flexibility index (Phi) is 7.12. The largest absolute Gasteiger partial charge is 0.452 e. The Balaban J connectivity index is 1.84. The van der Waals surface area contributed by atoms with Crippen molar-refractivity contribution in [1.82, 2.24) is 5.32 Å². The predicted molar refractivity (Wildman–Crippen MR) is 102 cm³/mol. The smallest absolute Gasteiger partial charge is 0.339 e. The lowest BCUT2D eigenvalue weighted by Crippen LogP contribution is -2.36. The lowest BCUT2D eigenvalue weighted by molar-refractivity contribution is -0.124. The summed E-state index contributed by atoms with van der Waals surface area (Å²) in [6, 6.07) is 15.6. The minimum absolute atomic E-state index is 0.0788. The molecule has 0 aliphatic rings. The fourth-order valence-corrected chi connectivity index (χ4v) is 3.46. The van der Waals surface area contributed by atoms with Gasteiger partial charge in [-0.15, -0.1) is 0 Å². The fourth-order valence-electron chi connectivity index (χ4n) is 2.58. The van der Waals surface area contributed by atoms with E-state index < -0.39 is 28.3 Å². The van der Waals surface area contributed by atoms with Gasteiger partial charge in [-0.25, -0.2) is 13.2 Å². The topological polar surface area (TPSA) is 89.5 Å². The van der Waals surface area contributed by atoms with Crippen LogP contribution in [0.3, 0.4) is 0 Å². The molecule has 0 spiro atoms. The van der Waals surface area contributed by atoms with E-state index in [1.807, 2.05) is 37.3 Å². The summed E-state index contributed by atoms with van der Waals surface area (Å²) in [5.74, 6) is -1.27. The molecule has 7 heteroatoms. The molecule has 0 bridgehead atoms. The number of carbonyl (C=O) groups excluding carboxylic acids is 2. The zero-order valence-corrected chi connectivity index (χ0v) is 16.2. The van der Waals surface area contributed by atoms with Gasteiger partial charge in [0.05, 0.1) is 10.5 Å². The van der Waals surface area contributed by atoms with Crippen molar-refractivity contribution >= 4 is 21.7 Å². The van der Waals surface area contributed by atoms with Crippen molar-refractivity contribution in [2.24, 2.45) is 0 Å². The van der Waals surface area contributed by atoms with Crippen molar-refractivity contribution in [3.63, 3.8) is 0 Å². The van der Waals surface area contributed by atoms with Gasteiger partial charge in [-0.3, -0.25) is 4.79 Å². The minimum atomic E-state index is -3.57. The van der Waals surface area contributed by atoms with Crippen LogP contribution in [0.2, 0.25) is 0 Å². The molecule has 1 unspecified atom stereocenters. The van der Waals surface area contributed by atoms with Crippen LogP contribution in [0.5, 0.6) is 0 Å². The van der Waals surface area contributed by atoms with Crippen molar-refractivity contribution in [1.29, 1.82) is 0 Å². The average Bonchev–Trinajstić information content (AvgIpc) is 2.64. The van der Waals surface area contributed by atoms with Gasteiger partial charge >= 0.3 is 5.97 Å². The Labute approximate surface area is 159 Å². The highest BCUT2D eigenvalue weighted by molar-refractivity contribution is 7.90. The molecular formula is C20H23NO5S. The van der Waals surface area contributed by atoms with Gasteiger partial charge in [-0.05, 0) is 37.5 Å². The van der Waals surface area contributed by atoms with Crippen molar-refractivity contribution in [2.75, 3.05) is 12.9 Å². The molecular weight excluding hydrogens is 366 g/mol. The number of amides is 1. The van der Waals surface area contributed by atoms with Crippen LogP contribution in [-0.2, 0) is 25.8 Å². The summed E-state index contributed by atoms with van der Waals surface area (Å²) in [5, 5.41) is 2.77. The van der Waals surface area contributed by atoms with E-state index in [0.717, 1.165) is 19.1 Å². The van der Waals surface area contributed by atoms with Crippen molar-refractivity contribution < 1.29 is 22.7 Å². The number of hydrogen-bond donors (Lipinski definition) is 1. The third-order valence-corrected chi connectivity index (χ3v) is 5.11. The third kappa shape index (κ3) is 6.53. The standard InChI is InChI=1S/C20H23NO5S/c1-15(12-13-16-8-4-3-5-9-16)21-19(22)14-26-20(23)17-10-6-7-11-18(17)27(2,24)25/h3-11,15H,12-14H2,1-2H3,(H,21,22). The number of esters is 1. The normalized spacial score (nSPS) is 12.2. The van der Waals surface area contributed by atoms with E-state index in [1.165, 1.54) is 29.8 Å². The number of aryl methyl sites for hydroxylation is 1. The Bertz CT molecular complexity index is 894. The highest BCUT2D eigenvalue weighted by atomic mass is 32.2. The maximum atomic E-state index is 12.1. The molecule has 1 amide bonds. The van der Waals surface area contributed by atoms with Gasteiger partial charge in [0, 0.05) is 12.3 Å². The molecule has 0 aliphatic carbocycles. The number of ether oxygens (including phenoxy) is 1. The van der Waals surface area contributed by atoms with Crippen molar-refractivity contribution in [2.45, 2.75) is 30.7 Å². The molecule has 1 atom stereocenters. The third-order valence-electron chi connectivity index (χ3n) is 3.96. The number of rotatable bonds is 8. The van der Waals surface area contributed by atoms with Crippen LogP contribution in [0.15, 0.2) is 59.5 Å². The number of hydrogen-bond acceptors (Lipinski definition) is 5. The Morgan fingerprint density at radius 1 is 1.04 bits per heavy atom. The van der Waals surface area contributed by atoms with E-state index in [-0.39, 0.29) is 16.5 Å². The molecule has 0 aromatic heterocycles. The van der Waals surface area contributed by atoms with Crippen LogP contribution in [0.4, 0.5) is 0 Å². The number of sulfone groups is 1. The molecule has 6 nitrogen and oxygen atoms in total. The van der Waals surface area contributed by atoms with E-state index in [9.17, 15) is 18.0 Å². The number of nitrogens with one attached hydrogen (secondary N) is 1. The summed E-state index contributed by atoms with van der Waals surface area (Å²) >= 11 is 0. The summed E-state index contributed by atoms with van der Waals surface area (Å²) < 4.78 is 28.5. The maximum absolute atomic E-state index is 12.1. The van der Waals surface area contributed by atoms with Gasteiger partial charge in [0.15, 0.2) is 16.4 Å². The van der Waals surface area contributed by atoms with Gasteiger partial charge < -0.3 is 10.1 Å². The van der Waals surface area contributed by atoms with E-state index in [1.54, 1.807) is 0 Å². The lowest BCUT2D eigenvalue weighted by Gasteiger charge is -2.14. The number of carbonyl (C=O) groups is 2. The summed E-state index contributed by atoms with van der Waals surface area (Å²) in [5.41, 5.74) is 1.10. The average molecular weight is 389 g/mol. The maximum Gasteiger partial charge on any atom is 0.339 e. The molecule has 0 saturated carbocycles. The van der Waals surface area contributed by atoms with E-state index >= 15 is 0 Å².